The molecule has 0 aromatic heterocycles. The van der Waals surface area contributed by atoms with Gasteiger partial charge in [-0.1, -0.05) is 0 Å². The molecular formula is C8H18Cl2N2. The Bertz CT molecular complexity index is 95.6. The summed E-state index contributed by atoms with van der Waals surface area (Å²) in [6, 6.07) is 0.877. The van der Waals surface area contributed by atoms with Crippen molar-refractivity contribution in [2.75, 3.05) is 26.2 Å². The quantitative estimate of drug-likeness (QED) is 0.706. The van der Waals surface area contributed by atoms with Crippen LogP contribution >= 0.6 is 24.8 Å². The average Bonchev–Trinajstić information content (AvgIpc) is 2.59. The van der Waals surface area contributed by atoms with Crippen LogP contribution in [-0.4, -0.2) is 37.1 Å². The number of nitrogens with one attached hydrogen (secondary N) is 1. The van der Waals surface area contributed by atoms with Crippen LogP contribution in [0.5, 0.6) is 0 Å². The summed E-state index contributed by atoms with van der Waals surface area (Å²) >= 11 is 0. The molecule has 0 bridgehead atoms. The summed E-state index contributed by atoms with van der Waals surface area (Å²) in [4.78, 5) is 2.64. The monoisotopic (exact) mass is 212 g/mol. The fourth-order valence-electron chi connectivity index (χ4n) is 2.06. The zero-order valence-electron chi connectivity index (χ0n) is 7.29. The first-order valence-corrected chi connectivity index (χ1v) is 4.41. The lowest BCUT2D eigenvalue weighted by atomic mass is 10.2. The van der Waals surface area contributed by atoms with Crippen LogP contribution in [0.4, 0.5) is 0 Å². The normalized spacial score (nSPS) is 29.5. The average molecular weight is 213 g/mol. The highest BCUT2D eigenvalue weighted by atomic mass is 35.5. The Morgan fingerprint density at radius 2 is 1.75 bits per heavy atom. The summed E-state index contributed by atoms with van der Waals surface area (Å²) in [6.45, 7) is 5.18. The van der Waals surface area contributed by atoms with E-state index in [1.807, 2.05) is 0 Å². The molecule has 2 aliphatic rings. The third-order valence-electron chi connectivity index (χ3n) is 2.69. The van der Waals surface area contributed by atoms with Gasteiger partial charge in [-0.3, -0.25) is 4.90 Å². The summed E-state index contributed by atoms with van der Waals surface area (Å²) in [6.07, 6.45) is 4.23. The molecule has 12 heavy (non-hydrogen) atoms. The van der Waals surface area contributed by atoms with E-state index in [4.69, 9.17) is 0 Å². The molecule has 4 heteroatoms. The van der Waals surface area contributed by atoms with Gasteiger partial charge in [0.2, 0.25) is 0 Å². The second-order valence-electron chi connectivity index (χ2n) is 3.39. The fourth-order valence-corrected chi connectivity index (χ4v) is 2.06. The van der Waals surface area contributed by atoms with Gasteiger partial charge in [0.15, 0.2) is 0 Å². The maximum Gasteiger partial charge on any atom is 0.0232 e. The highest BCUT2D eigenvalue weighted by Gasteiger charge is 2.23. The van der Waals surface area contributed by atoms with Gasteiger partial charge in [-0.25, -0.2) is 0 Å². The Balaban J connectivity index is 0.000000605. The van der Waals surface area contributed by atoms with Crippen molar-refractivity contribution in [2.45, 2.75) is 25.3 Å². The molecule has 74 valence electrons. The highest BCUT2D eigenvalue weighted by Crippen LogP contribution is 2.15. The zero-order valence-corrected chi connectivity index (χ0v) is 8.92. The molecule has 0 spiro atoms. The van der Waals surface area contributed by atoms with Crippen LogP contribution in [0.2, 0.25) is 0 Å². The lowest BCUT2D eigenvalue weighted by Crippen LogP contribution is -2.34. The molecule has 0 aromatic carbocycles. The van der Waals surface area contributed by atoms with E-state index in [1.54, 1.807) is 0 Å². The van der Waals surface area contributed by atoms with Crippen LogP contribution in [0.15, 0.2) is 0 Å². The molecule has 1 N–H and O–H groups in total. The lowest BCUT2D eigenvalue weighted by Gasteiger charge is -2.21. The standard InChI is InChI=1S/C8H16N2.2ClH/c1-2-6-10(5-1)8-3-4-9-7-8;;/h8-9H,1-7H2;2*1H. The largest absolute Gasteiger partial charge is 0.315 e. The minimum Gasteiger partial charge on any atom is -0.315 e. The number of hydrogen-bond acceptors (Lipinski definition) is 2. The van der Waals surface area contributed by atoms with E-state index in [9.17, 15) is 0 Å². The van der Waals surface area contributed by atoms with Gasteiger partial charge < -0.3 is 5.32 Å². The highest BCUT2D eigenvalue weighted by molar-refractivity contribution is 5.85. The van der Waals surface area contributed by atoms with E-state index in [0.717, 1.165) is 6.04 Å². The van der Waals surface area contributed by atoms with Crippen molar-refractivity contribution < 1.29 is 0 Å². The first-order chi connectivity index (χ1) is 4.97. The van der Waals surface area contributed by atoms with Crippen LogP contribution < -0.4 is 5.32 Å². The van der Waals surface area contributed by atoms with Gasteiger partial charge in [0.25, 0.3) is 0 Å². The van der Waals surface area contributed by atoms with E-state index in [2.05, 4.69) is 10.2 Å². The van der Waals surface area contributed by atoms with Crippen LogP contribution in [0.3, 0.4) is 0 Å². The summed E-state index contributed by atoms with van der Waals surface area (Å²) in [7, 11) is 0. The second-order valence-corrected chi connectivity index (χ2v) is 3.39. The maximum absolute atomic E-state index is 3.41. The lowest BCUT2D eigenvalue weighted by molar-refractivity contribution is 0.258. The van der Waals surface area contributed by atoms with E-state index in [-0.39, 0.29) is 24.8 Å². The van der Waals surface area contributed by atoms with Crippen LogP contribution in [0.25, 0.3) is 0 Å². The van der Waals surface area contributed by atoms with E-state index in [1.165, 1.54) is 45.4 Å². The van der Waals surface area contributed by atoms with Crippen molar-refractivity contribution in [3.63, 3.8) is 0 Å². The molecule has 0 radical (unpaired) electrons. The molecule has 2 fully saturated rings. The fraction of sp³-hybridized carbons (Fsp3) is 1.00. The molecule has 0 aromatic rings. The van der Waals surface area contributed by atoms with Crippen LogP contribution in [0.1, 0.15) is 19.3 Å². The van der Waals surface area contributed by atoms with Gasteiger partial charge in [0.05, 0.1) is 0 Å². The molecule has 2 rings (SSSR count). The number of halogens is 2. The summed E-state index contributed by atoms with van der Waals surface area (Å²) in [5.41, 5.74) is 0. The van der Waals surface area contributed by atoms with Gasteiger partial charge in [-0.2, -0.15) is 0 Å². The number of nitrogens with zero attached hydrogens (tertiary/aromatic N) is 1. The van der Waals surface area contributed by atoms with Crippen LogP contribution in [-0.2, 0) is 0 Å². The van der Waals surface area contributed by atoms with Gasteiger partial charge in [0.1, 0.15) is 0 Å². The van der Waals surface area contributed by atoms with Crippen molar-refractivity contribution in [1.82, 2.24) is 10.2 Å². The van der Waals surface area contributed by atoms with Crippen molar-refractivity contribution in [3.8, 4) is 0 Å². The Labute approximate surface area is 86.9 Å². The third kappa shape index (κ3) is 2.77. The molecule has 2 heterocycles. The van der Waals surface area contributed by atoms with Crippen molar-refractivity contribution >= 4 is 24.8 Å². The summed E-state index contributed by atoms with van der Waals surface area (Å²) in [5, 5.41) is 3.41. The van der Waals surface area contributed by atoms with Gasteiger partial charge >= 0.3 is 0 Å². The molecule has 2 nitrogen and oxygen atoms in total. The number of likely N-dealkylation sites (tertiary alicyclic amines) is 1. The predicted octanol–water partition coefficient (Wildman–Crippen LogP) is 1.29. The van der Waals surface area contributed by atoms with Crippen molar-refractivity contribution in [3.05, 3.63) is 0 Å². The molecule has 0 amide bonds. The molecule has 1 atom stereocenters. The van der Waals surface area contributed by atoms with Gasteiger partial charge in [-0.15, -0.1) is 24.8 Å². The second kappa shape index (κ2) is 6.03. The molecular weight excluding hydrogens is 195 g/mol. The first-order valence-electron chi connectivity index (χ1n) is 4.41. The Morgan fingerprint density at radius 1 is 1.08 bits per heavy atom. The molecule has 2 aliphatic heterocycles. The molecule has 0 saturated carbocycles. The Kier molecular flexibility index (Phi) is 6.28. The first kappa shape index (κ1) is 12.5. The molecule has 1 unspecified atom stereocenters. The molecule has 0 aliphatic carbocycles. The Morgan fingerprint density at radius 3 is 2.25 bits per heavy atom. The van der Waals surface area contributed by atoms with E-state index >= 15 is 0 Å². The van der Waals surface area contributed by atoms with Gasteiger partial charge in [-0.05, 0) is 38.9 Å². The predicted molar refractivity (Wildman–Crippen MR) is 56.6 cm³/mol. The summed E-state index contributed by atoms with van der Waals surface area (Å²) in [5.74, 6) is 0. The third-order valence-corrected chi connectivity index (χ3v) is 2.69. The van der Waals surface area contributed by atoms with E-state index in [0.29, 0.717) is 0 Å². The van der Waals surface area contributed by atoms with Crippen molar-refractivity contribution in [1.29, 1.82) is 0 Å². The maximum atomic E-state index is 3.41. The molecule has 2 saturated heterocycles. The zero-order chi connectivity index (χ0) is 6.81. The van der Waals surface area contributed by atoms with Crippen molar-refractivity contribution in [2.24, 2.45) is 0 Å². The smallest absolute Gasteiger partial charge is 0.0232 e. The number of hydrogen-bond donors (Lipinski definition) is 1. The Hall–Kier alpha value is 0.500. The summed E-state index contributed by atoms with van der Waals surface area (Å²) < 4.78 is 0. The minimum atomic E-state index is 0. The SMILES string of the molecule is C1CCN(C2CCNC2)C1.Cl.Cl. The number of rotatable bonds is 1. The minimum absolute atomic E-state index is 0. The topological polar surface area (TPSA) is 15.3 Å². The van der Waals surface area contributed by atoms with E-state index < -0.39 is 0 Å². The van der Waals surface area contributed by atoms with Crippen LogP contribution in [0, 0.1) is 0 Å². The van der Waals surface area contributed by atoms with Gasteiger partial charge in [0, 0.05) is 12.6 Å².